The zero-order valence-corrected chi connectivity index (χ0v) is 13.8. The van der Waals surface area contributed by atoms with E-state index in [1.807, 2.05) is 11.0 Å². The summed E-state index contributed by atoms with van der Waals surface area (Å²) in [6.45, 7) is 5.00. The Kier molecular flexibility index (Phi) is 4.96. The van der Waals surface area contributed by atoms with Gasteiger partial charge in [-0.25, -0.2) is 0 Å². The van der Waals surface area contributed by atoms with Crippen LogP contribution in [-0.2, 0) is 16.0 Å². The molecule has 0 saturated carbocycles. The maximum Gasteiger partial charge on any atom is 0.234 e. The van der Waals surface area contributed by atoms with Gasteiger partial charge in [0.1, 0.15) is 0 Å². The van der Waals surface area contributed by atoms with E-state index in [0.29, 0.717) is 6.54 Å². The third-order valence-corrected chi connectivity index (χ3v) is 4.89. The standard InChI is InChI=1S/C18H25N3O2/c1-14(22)21-11-9-20(10-12-21)13-18(23)19-17-8-4-6-15-5-2-3-7-16(15)17/h2-3,5,7,17H,4,6,8-13H2,1H3,(H,19,23). The molecule has 0 spiro atoms. The monoisotopic (exact) mass is 315 g/mol. The number of carbonyl (C=O) groups is 2. The van der Waals surface area contributed by atoms with Gasteiger partial charge in [0, 0.05) is 33.1 Å². The van der Waals surface area contributed by atoms with E-state index in [4.69, 9.17) is 0 Å². The van der Waals surface area contributed by atoms with E-state index < -0.39 is 0 Å². The third-order valence-electron chi connectivity index (χ3n) is 4.89. The van der Waals surface area contributed by atoms with Gasteiger partial charge >= 0.3 is 0 Å². The number of carbonyl (C=O) groups excluding carboxylic acids is 2. The number of rotatable bonds is 3. The van der Waals surface area contributed by atoms with Crippen molar-refractivity contribution < 1.29 is 9.59 Å². The summed E-state index contributed by atoms with van der Waals surface area (Å²) in [6.07, 6.45) is 3.25. The highest BCUT2D eigenvalue weighted by molar-refractivity contribution is 5.78. The van der Waals surface area contributed by atoms with Crippen molar-refractivity contribution in [1.82, 2.24) is 15.1 Å². The third kappa shape index (κ3) is 3.91. The minimum atomic E-state index is 0.0861. The van der Waals surface area contributed by atoms with Gasteiger partial charge in [-0.1, -0.05) is 24.3 Å². The van der Waals surface area contributed by atoms with Gasteiger partial charge in [-0.05, 0) is 30.4 Å². The number of benzene rings is 1. The van der Waals surface area contributed by atoms with Gasteiger partial charge < -0.3 is 10.2 Å². The van der Waals surface area contributed by atoms with Crippen LogP contribution in [0.4, 0.5) is 0 Å². The highest BCUT2D eigenvalue weighted by atomic mass is 16.2. The fraction of sp³-hybridized carbons (Fsp3) is 0.556. The molecule has 0 radical (unpaired) electrons. The van der Waals surface area contributed by atoms with Gasteiger partial charge in [0.05, 0.1) is 12.6 Å². The Labute approximate surface area is 137 Å². The number of amides is 2. The van der Waals surface area contributed by atoms with Crippen LogP contribution in [0, 0.1) is 0 Å². The van der Waals surface area contributed by atoms with Gasteiger partial charge in [-0.2, -0.15) is 0 Å². The molecule has 1 aliphatic carbocycles. The lowest BCUT2D eigenvalue weighted by Crippen LogP contribution is -2.50. The van der Waals surface area contributed by atoms with Crippen molar-refractivity contribution >= 4 is 11.8 Å². The van der Waals surface area contributed by atoms with E-state index in [2.05, 4.69) is 28.4 Å². The fourth-order valence-electron chi connectivity index (χ4n) is 3.57. The summed E-state index contributed by atoms with van der Waals surface area (Å²) in [5.41, 5.74) is 2.63. The molecular formula is C18H25N3O2. The number of hydrogen-bond donors (Lipinski definition) is 1. The number of piperazine rings is 1. The Balaban J connectivity index is 1.52. The van der Waals surface area contributed by atoms with E-state index in [-0.39, 0.29) is 17.9 Å². The Hall–Kier alpha value is -1.88. The topological polar surface area (TPSA) is 52.7 Å². The summed E-state index contributed by atoms with van der Waals surface area (Å²) in [5, 5.41) is 3.20. The first kappa shape index (κ1) is 16.0. The normalized spacial score (nSPS) is 21.6. The molecule has 2 amide bonds. The van der Waals surface area contributed by atoms with Crippen molar-refractivity contribution in [3.8, 4) is 0 Å². The van der Waals surface area contributed by atoms with E-state index >= 15 is 0 Å². The predicted octanol–water partition coefficient (Wildman–Crippen LogP) is 1.34. The predicted molar refractivity (Wildman–Crippen MR) is 89.0 cm³/mol. The summed E-state index contributed by atoms with van der Waals surface area (Å²) in [5.74, 6) is 0.205. The molecule has 1 heterocycles. The van der Waals surface area contributed by atoms with Crippen LogP contribution in [0.15, 0.2) is 24.3 Å². The lowest BCUT2D eigenvalue weighted by molar-refractivity contribution is -0.131. The quantitative estimate of drug-likeness (QED) is 0.916. The van der Waals surface area contributed by atoms with Crippen LogP contribution in [0.2, 0.25) is 0 Å². The fourth-order valence-corrected chi connectivity index (χ4v) is 3.57. The average molecular weight is 315 g/mol. The summed E-state index contributed by atoms with van der Waals surface area (Å²) in [7, 11) is 0. The smallest absolute Gasteiger partial charge is 0.234 e. The lowest BCUT2D eigenvalue weighted by Gasteiger charge is -2.34. The van der Waals surface area contributed by atoms with Crippen LogP contribution in [-0.4, -0.2) is 54.3 Å². The molecule has 5 nitrogen and oxygen atoms in total. The van der Waals surface area contributed by atoms with E-state index in [0.717, 1.165) is 45.4 Å². The minimum absolute atomic E-state index is 0.0861. The molecular weight excluding hydrogens is 290 g/mol. The van der Waals surface area contributed by atoms with Crippen LogP contribution < -0.4 is 5.32 Å². The van der Waals surface area contributed by atoms with Crippen molar-refractivity contribution in [3.63, 3.8) is 0 Å². The van der Waals surface area contributed by atoms with Gasteiger partial charge in [0.25, 0.3) is 0 Å². The van der Waals surface area contributed by atoms with Gasteiger partial charge in [-0.15, -0.1) is 0 Å². The molecule has 1 unspecified atom stereocenters. The second kappa shape index (κ2) is 7.13. The molecule has 23 heavy (non-hydrogen) atoms. The van der Waals surface area contributed by atoms with Crippen molar-refractivity contribution in [2.45, 2.75) is 32.2 Å². The van der Waals surface area contributed by atoms with Gasteiger partial charge in [0.15, 0.2) is 0 Å². The van der Waals surface area contributed by atoms with Crippen LogP contribution in [0.25, 0.3) is 0 Å². The Morgan fingerprint density at radius 3 is 2.65 bits per heavy atom. The largest absolute Gasteiger partial charge is 0.348 e. The first-order valence-corrected chi connectivity index (χ1v) is 8.48. The molecule has 0 aromatic heterocycles. The molecule has 3 rings (SSSR count). The maximum absolute atomic E-state index is 12.4. The van der Waals surface area contributed by atoms with Crippen molar-refractivity contribution in [2.75, 3.05) is 32.7 Å². The summed E-state index contributed by atoms with van der Waals surface area (Å²) in [6, 6.07) is 8.55. The molecule has 5 heteroatoms. The summed E-state index contributed by atoms with van der Waals surface area (Å²) in [4.78, 5) is 27.7. The van der Waals surface area contributed by atoms with Crippen LogP contribution in [0.3, 0.4) is 0 Å². The zero-order chi connectivity index (χ0) is 16.2. The molecule has 1 N–H and O–H groups in total. The molecule has 2 aliphatic rings. The number of hydrogen-bond acceptors (Lipinski definition) is 3. The number of nitrogens with zero attached hydrogens (tertiary/aromatic N) is 2. The van der Waals surface area contributed by atoms with E-state index in [9.17, 15) is 9.59 Å². The van der Waals surface area contributed by atoms with Crippen LogP contribution in [0.5, 0.6) is 0 Å². The Bertz CT molecular complexity index is 579. The highest BCUT2D eigenvalue weighted by Gasteiger charge is 2.24. The number of fused-ring (bicyclic) bond motifs is 1. The number of aryl methyl sites for hydroxylation is 1. The van der Waals surface area contributed by atoms with E-state index in [1.165, 1.54) is 11.1 Å². The van der Waals surface area contributed by atoms with Crippen molar-refractivity contribution in [1.29, 1.82) is 0 Å². The second-order valence-corrected chi connectivity index (χ2v) is 6.49. The summed E-state index contributed by atoms with van der Waals surface area (Å²) >= 11 is 0. The highest BCUT2D eigenvalue weighted by Crippen LogP contribution is 2.29. The Morgan fingerprint density at radius 2 is 1.91 bits per heavy atom. The average Bonchev–Trinajstić information content (AvgIpc) is 2.55. The van der Waals surface area contributed by atoms with E-state index in [1.54, 1.807) is 6.92 Å². The molecule has 1 aliphatic heterocycles. The molecule has 1 fully saturated rings. The maximum atomic E-state index is 12.4. The number of nitrogens with one attached hydrogen (secondary N) is 1. The molecule has 124 valence electrons. The first-order chi connectivity index (χ1) is 11.1. The van der Waals surface area contributed by atoms with Crippen LogP contribution in [0.1, 0.15) is 36.9 Å². The first-order valence-electron chi connectivity index (χ1n) is 8.48. The molecule has 1 saturated heterocycles. The minimum Gasteiger partial charge on any atom is -0.348 e. The summed E-state index contributed by atoms with van der Waals surface area (Å²) < 4.78 is 0. The van der Waals surface area contributed by atoms with Gasteiger partial charge in [0.2, 0.25) is 11.8 Å². The SMILES string of the molecule is CC(=O)N1CCN(CC(=O)NC2CCCc3ccccc32)CC1. The lowest BCUT2D eigenvalue weighted by atomic mass is 9.88. The van der Waals surface area contributed by atoms with Crippen LogP contribution >= 0.6 is 0 Å². The Morgan fingerprint density at radius 1 is 1.17 bits per heavy atom. The van der Waals surface area contributed by atoms with Crippen molar-refractivity contribution in [3.05, 3.63) is 35.4 Å². The van der Waals surface area contributed by atoms with Crippen molar-refractivity contribution in [2.24, 2.45) is 0 Å². The second-order valence-electron chi connectivity index (χ2n) is 6.49. The zero-order valence-electron chi connectivity index (χ0n) is 13.8. The molecule has 1 atom stereocenters. The van der Waals surface area contributed by atoms with Gasteiger partial charge in [-0.3, -0.25) is 14.5 Å². The molecule has 1 aromatic carbocycles. The molecule has 0 bridgehead atoms. The molecule has 1 aromatic rings.